The van der Waals surface area contributed by atoms with Gasteiger partial charge in [-0.1, -0.05) is 11.6 Å². The van der Waals surface area contributed by atoms with Crippen LogP contribution in [0.3, 0.4) is 0 Å². The molecule has 0 aliphatic carbocycles. The van der Waals surface area contributed by atoms with Crippen LogP contribution in [0.1, 0.15) is 10.4 Å². The van der Waals surface area contributed by atoms with E-state index in [1.54, 1.807) is 31.6 Å². The molecule has 2 heterocycles. The van der Waals surface area contributed by atoms with Gasteiger partial charge in [0.2, 0.25) is 0 Å². The smallest absolute Gasteiger partial charge is 0.255 e. The van der Waals surface area contributed by atoms with Crippen molar-refractivity contribution >= 4 is 23.2 Å². The fourth-order valence-corrected chi connectivity index (χ4v) is 2.90. The van der Waals surface area contributed by atoms with E-state index in [9.17, 15) is 4.79 Å². The maximum absolute atomic E-state index is 12.4. The summed E-state index contributed by atoms with van der Waals surface area (Å²) in [5.41, 5.74) is 1.59. The number of carbonyl (C=O) groups excluding carboxylic acids is 1. The van der Waals surface area contributed by atoms with E-state index in [4.69, 9.17) is 16.3 Å². The topological polar surface area (TPSA) is 45.7 Å². The van der Waals surface area contributed by atoms with E-state index >= 15 is 0 Å². The highest BCUT2D eigenvalue weighted by Gasteiger charge is 2.24. The summed E-state index contributed by atoms with van der Waals surface area (Å²) in [5.74, 6) is 0.817. The molecule has 0 unspecified atom stereocenters. The Morgan fingerprint density at radius 2 is 2.00 bits per heavy atom. The minimum atomic E-state index is 0.0239. The van der Waals surface area contributed by atoms with Crippen molar-refractivity contribution in [2.75, 3.05) is 38.2 Å². The highest BCUT2D eigenvalue weighted by molar-refractivity contribution is 6.30. The molecule has 1 aromatic carbocycles. The number of benzene rings is 1. The maximum atomic E-state index is 12.4. The molecule has 0 spiro atoms. The average Bonchev–Trinajstić information content (AvgIpc) is 2.62. The lowest BCUT2D eigenvalue weighted by Crippen LogP contribution is -2.48. The van der Waals surface area contributed by atoms with Crippen molar-refractivity contribution in [3.63, 3.8) is 0 Å². The van der Waals surface area contributed by atoms with E-state index in [2.05, 4.69) is 9.88 Å². The molecule has 120 valence electrons. The SMILES string of the molecule is COc1ccc(Cl)cc1N1CCN(C(=O)c2cccnc2)CC1. The summed E-state index contributed by atoms with van der Waals surface area (Å²) in [7, 11) is 1.65. The molecule has 0 bridgehead atoms. The second-order valence-corrected chi connectivity index (χ2v) is 5.77. The van der Waals surface area contributed by atoms with E-state index in [0.717, 1.165) is 24.5 Å². The zero-order valence-electron chi connectivity index (χ0n) is 12.9. The van der Waals surface area contributed by atoms with Crippen LogP contribution in [0.25, 0.3) is 0 Å². The van der Waals surface area contributed by atoms with E-state index in [0.29, 0.717) is 23.7 Å². The quantitative estimate of drug-likeness (QED) is 0.867. The van der Waals surface area contributed by atoms with E-state index in [1.807, 2.05) is 23.1 Å². The predicted molar refractivity (Wildman–Crippen MR) is 90.4 cm³/mol. The molecule has 1 aliphatic heterocycles. The monoisotopic (exact) mass is 331 g/mol. The van der Waals surface area contributed by atoms with Crippen LogP contribution in [-0.4, -0.2) is 49.1 Å². The molecule has 1 amide bonds. The Labute approximate surface area is 140 Å². The number of aromatic nitrogens is 1. The van der Waals surface area contributed by atoms with Crippen LogP contribution >= 0.6 is 11.6 Å². The molecule has 1 aliphatic rings. The van der Waals surface area contributed by atoms with Crippen molar-refractivity contribution in [1.29, 1.82) is 0 Å². The summed E-state index contributed by atoms with van der Waals surface area (Å²) in [6, 6.07) is 9.15. The second-order valence-electron chi connectivity index (χ2n) is 5.34. The number of piperazine rings is 1. The van der Waals surface area contributed by atoms with Crippen molar-refractivity contribution in [3.05, 3.63) is 53.3 Å². The van der Waals surface area contributed by atoms with Crippen LogP contribution < -0.4 is 9.64 Å². The van der Waals surface area contributed by atoms with Gasteiger partial charge in [0, 0.05) is 43.6 Å². The number of halogens is 1. The van der Waals surface area contributed by atoms with Crippen LogP contribution in [0.4, 0.5) is 5.69 Å². The lowest BCUT2D eigenvalue weighted by molar-refractivity contribution is 0.0746. The molecule has 1 fully saturated rings. The molecule has 23 heavy (non-hydrogen) atoms. The molecule has 2 aromatic rings. The number of ether oxygens (including phenoxy) is 1. The summed E-state index contributed by atoms with van der Waals surface area (Å²) in [6.45, 7) is 2.79. The Hall–Kier alpha value is -2.27. The minimum Gasteiger partial charge on any atom is -0.495 e. The van der Waals surface area contributed by atoms with Gasteiger partial charge in [0.05, 0.1) is 18.4 Å². The standard InChI is InChI=1S/C17H18ClN3O2/c1-23-16-5-4-14(18)11-15(16)20-7-9-21(10-8-20)17(22)13-3-2-6-19-12-13/h2-6,11-12H,7-10H2,1H3. The van der Waals surface area contributed by atoms with Gasteiger partial charge in [0.15, 0.2) is 0 Å². The molecular formula is C17H18ClN3O2. The third kappa shape index (κ3) is 3.40. The predicted octanol–water partition coefficient (Wildman–Crippen LogP) is 2.71. The van der Waals surface area contributed by atoms with Gasteiger partial charge < -0.3 is 14.5 Å². The maximum Gasteiger partial charge on any atom is 0.255 e. The summed E-state index contributed by atoms with van der Waals surface area (Å²) >= 11 is 6.10. The van der Waals surface area contributed by atoms with E-state index in [-0.39, 0.29) is 5.91 Å². The third-order valence-electron chi connectivity index (χ3n) is 3.96. The molecule has 5 nitrogen and oxygen atoms in total. The number of methoxy groups -OCH3 is 1. The zero-order chi connectivity index (χ0) is 16.2. The van der Waals surface area contributed by atoms with Crippen LogP contribution in [0.2, 0.25) is 5.02 Å². The van der Waals surface area contributed by atoms with Crippen molar-refractivity contribution in [2.24, 2.45) is 0 Å². The Morgan fingerprint density at radius 1 is 1.22 bits per heavy atom. The number of anilines is 1. The van der Waals surface area contributed by atoms with Crippen LogP contribution in [0.15, 0.2) is 42.7 Å². The number of hydrogen-bond donors (Lipinski definition) is 0. The fourth-order valence-electron chi connectivity index (χ4n) is 2.73. The van der Waals surface area contributed by atoms with Gasteiger partial charge in [-0.05, 0) is 30.3 Å². The number of hydrogen-bond acceptors (Lipinski definition) is 4. The summed E-state index contributed by atoms with van der Waals surface area (Å²) in [6.07, 6.45) is 3.27. The Balaban J connectivity index is 1.69. The number of amides is 1. The van der Waals surface area contributed by atoms with Crippen LogP contribution in [0, 0.1) is 0 Å². The lowest BCUT2D eigenvalue weighted by Gasteiger charge is -2.36. The molecule has 0 N–H and O–H groups in total. The summed E-state index contributed by atoms with van der Waals surface area (Å²) in [5, 5.41) is 0.676. The molecule has 1 saturated heterocycles. The molecule has 0 radical (unpaired) electrons. The molecule has 1 aromatic heterocycles. The van der Waals surface area contributed by atoms with Crippen molar-refractivity contribution in [3.8, 4) is 5.75 Å². The molecule has 0 atom stereocenters. The molecular weight excluding hydrogens is 314 g/mol. The third-order valence-corrected chi connectivity index (χ3v) is 4.19. The normalized spacial score (nSPS) is 14.7. The van der Waals surface area contributed by atoms with Crippen molar-refractivity contribution in [2.45, 2.75) is 0 Å². The van der Waals surface area contributed by atoms with Gasteiger partial charge in [-0.3, -0.25) is 9.78 Å². The van der Waals surface area contributed by atoms with Crippen LogP contribution in [-0.2, 0) is 0 Å². The largest absolute Gasteiger partial charge is 0.495 e. The lowest BCUT2D eigenvalue weighted by atomic mass is 10.2. The molecule has 3 rings (SSSR count). The molecule has 0 saturated carbocycles. The Bertz CT molecular complexity index is 685. The summed E-state index contributed by atoms with van der Waals surface area (Å²) < 4.78 is 5.41. The van der Waals surface area contributed by atoms with E-state index < -0.39 is 0 Å². The van der Waals surface area contributed by atoms with E-state index in [1.165, 1.54) is 0 Å². The van der Waals surface area contributed by atoms with Gasteiger partial charge in [-0.25, -0.2) is 0 Å². The summed E-state index contributed by atoms with van der Waals surface area (Å²) in [4.78, 5) is 20.5. The van der Waals surface area contributed by atoms with Crippen molar-refractivity contribution < 1.29 is 9.53 Å². The number of nitrogens with zero attached hydrogens (tertiary/aromatic N) is 3. The Kier molecular flexibility index (Phi) is 4.67. The van der Waals surface area contributed by atoms with Crippen molar-refractivity contribution in [1.82, 2.24) is 9.88 Å². The average molecular weight is 332 g/mol. The first-order valence-electron chi connectivity index (χ1n) is 7.47. The number of carbonyl (C=O) groups is 1. The van der Waals surface area contributed by atoms with Gasteiger partial charge in [0.1, 0.15) is 5.75 Å². The first-order chi connectivity index (χ1) is 11.2. The number of rotatable bonds is 3. The highest BCUT2D eigenvalue weighted by atomic mass is 35.5. The fraction of sp³-hybridized carbons (Fsp3) is 0.294. The van der Waals surface area contributed by atoms with Crippen LogP contribution in [0.5, 0.6) is 5.75 Å². The first-order valence-corrected chi connectivity index (χ1v) is 7.84. The molecule has 6 heteroatoms. The first kappa shape index (κ1) is 15.6. The van der Waals surface area contributed by atoms with Gasteiger partial charge >= 0.3 is 0 Å². The van der Waals surface area contributed by atoms with Gasteiger partial charge in [-0.2, -0.15) is 0 Å². The van der Waals surface area contributed by atoms with Gasteiger partial charge in [0.25, 0.3) is 5.91 Å². The highest BCUT2D eigenvalue weighted by Crippen LogP contribution is 2.31. The Morgan fingerprint density at radius 3 is 2.65 bits per heavy atom. The zero-order valence-corrected chi connectivity index (χ0v) is 13.7. The number of pyridine rings is 1. The van der Waals surface area contributed by atoms with Gasteiger partial charge in [-0.15, -0.1) is 0 Å². The second kappa shape index (κ2) is 6.87. The minimum absolute atomic E-state index is 0.0239.